The molecule has 1 aliphatic heterocycles. The largest absolute Gasteiger partial charge is 0.251 e. The van der Waals surface area contributed by atoms with Crippen LogP contribution in [-0.2, 0) is 6.42 Å². The van der Waals surface area contributed by atoms with E-state index in [0.29, 0.717) is 11.1 Å². The number of rotatable bonds is 4. The Morgan fingerprint density at radius 1 is 0.600 bits per heavy atom. The second-order valence-corrected chi connectivity index (χ2v) is 26.7. The number of aryl methyl sites for hydroxylation is 6. The van der Waals surface area contributed by atoms with Gasteiger partial charge >= 0.3 is 0 Å². The highest BCUT2D eigenvalue weighted by Gasteiger charge is 2.48. The molecule has 4 aliphatic rings. The van der Waals surface area contributed by atoms with Crippen LogP contribution in [0.4, 0.5) is 0 Å². The van der Waals surface area contributed by atoms with Crippen LogP contribution in [-0.4, -0.2) is 14.8 Å². The first-order valence-corrected chi connectivity index (χ1v) is 24.1. The third-order valence-corrected chi connectivity index (χ3v) is 21.8. The summed E-state index contributed by atoms with van der Waals surface area (Å²) in [5.74, 6) is 0. The molecule has 0 amide bonds. The lowest BCUT2D eigenvalue weighted by Crippen LogP contribution is -2.45. The normalized spacial score (nSPS) is 19.9. The van der Waals surface area contributed by atoms with Crippen LogP contribution in [0.3, 0.4) is 0 Å². The molecule has 1 heterocycles. The minimum atomic E-state index is -1.66. The number of hydrogen-bond acceptors (Lipinski definition) is 0. The molecule has 4 heteroatoms. The Morgan fingerprint density at radius 2 is 1.02 bits per heavy atom. The highest BCUT2D eigenvalue weighted by atomic mass is 35.7. The van der Waals surface area contributed by atoms with Gasteiger partial charge in [0.1, 0.15) is 0 Å². The van der Waals surface area contributed by atoms with Gasteiger partial charge in [-0.25, -0.2) is 0 Å². The lowest BCUT2D eigenvalue weighted by molar-refractivity contribution is 0.935. The molecule has 3 aromatic carbocycles. The summed E-state index contributed by atoms with van der Waals surface area (Å²) >= 11 is 11.7. The van der Waals surface area contributed by atoms with Crippen molar-refractivity contribution in [1.29, 1.82) is 0 Å². The van der Waals surface area contributed by atoms with E-state index >= 15 is 0 Å². The smallest absolute Gasteiger partial charge is 0.146 e. The Labute approximate surface area is 285 Å². The van der Waals surface area contributed by atoms with Crippen molar-refractivity contribution in [3.8, 4) is 0 Å². The predicted molar refractivity (Wildman–Crippen MR) is 207 cm³/mol. The molecule has 0 aromatic heterocycles. The van der Waals surface area contributed by atoms with Gasteiger partial charge < -0.3 is 0 Å². The molecule has 0 N–H and O–H groups in total. The van der Waals surface area contributed by atoms with Crippen molar-refractivity contribution in [3.63, 3.8) is 0 Å². The molecule has 0 radical (unpaired) electrons. The Hall–Kier alpha value is -2.11. The van der Waals surface area contributed by atoms with Gasteiger partial charge in [0.05, 0.1) is 8.07 Å². The SMILES string of the molecule is CC[Si](CC)(C1C=Cc2c(C)ccc(C)c21)C1C=Cc2c(C)ccc(C)c21.Cc1ccc(C)c2c1C=CC2.Cl[Si]1(Cl)CCCC1. The van der Waals surface area contributed by atoms with Crippen LogP contribution in [0, 0.1) is 41.5 Å². The van der Waals surface area contributed by atoms with E-state index in [1.165, 1.54) is 80.6 Å². The van der Waals surface area contributed by atoms with Crippen LogP contribution in [0.2, 0.25) is 24.2 Å². The molecule has 7 rings (SSSR count). The number of halogens is 2. The second-order valence-electron chi connectivity index (χ2n) is 13.9. The lowest BCUT2D eigenvalue weighted by atomic mass is 9.99. The minimum absolute atomic E-state index is 0.628. The number of hydrogen-bond donors (Lipinski definition) is 0. The van der Waals surface area contributed by atoms with Crippen LogP contribution in [0.5, 0.6) is 0 Å². The molecule has 45 heavy (non-hydrogen) atoms. The Bertz CT molecular complexity index is 1570. The van der Waals surface area contributed by atoms with Crippen LogP contribution in [0.15, 0.2) is 54.6 Å². The van der Waals surface area contributed by atoms with Crippen LogP contribution in [0.1, 0.15) is 105 Å². The quantitative estimate of drug-likeness (QED) is 0.191. The van der Waals surface area contributed by atoms with Crippen molar-refractivity contribution in [2.24, 2.45) is 0 Å². The summed E-state index contributed by atoms with van der Waals surface area (Å²) in [5, 5.41) is 0. The molecule has 0 saturated carbocycles. The fourth-order valence-corrected chi connectivity index (χ4v) is 17.3. The number of fused-ring (bicyclic) bond motifs is 3. The van der Waals surface area contributed by atoms with E-state index in [0.717, 1.165) is 18.5 Å². The van der Waals surface area contributed by atoms with E-state index in [9.17, 15) is 0 Å². The van der Waals surface area contributed by atoms with E-state index < -0.39 is 14.8 Å². The molecule has 0 spiro atoms. The predicted octanol–water partition coefficient (Wildman–Crippen LogP) is 13.0. The summed E-state index contributed by atoms with van der Waals surface area (Å²) in [6.07, 6.45) is 18.1. The van der Waals surface area contributed by atoms with Crippen molar-refractivity contribution < 1.29 is 0 Å². The Morgan fingerprint density at radius 3 is 1.42 bits per heavy atom. The number of allylic oxidation sites excluding steroid dienone is 3. The molecule has 1 saturated heterocycles. The first kappa shape index (κ1) is 34.2. The maximum Gasteiger partial charge on any atom is 0.251 e. The first-order valence-electron chi connectivity index (χ1n) is 17.1. The monoisotopic (exact) mass is 670 g/mol. The molecule has 0 nitrogen and oxygen atoms in total. The summed E-state index contributed by atoms with van der Waals surface area (Å²) in [7, 11) is -1.66. The average molecular weight is 672 g/mol. The standard InChI is InChI=1S/C26H32Si.C11H12.C4H8Cl2Si/c1-7-27(8-2,23-15-13-21-17(3)9-11-19(5)25(21)23)24-16-14-22-18(4)10-12-20(6)26(22)24;1-8-6-7-9(2)11-5-3-4-10(8)11;5-7(6)3-1-2-4-7/h9-16,23-24H,7-8H2,1-6H3;3-4,6-7H,5H2,1-2H3;1-4H2. The molecule has 1 fully saturated rings. The summed E-state index contributed by atoms with van der Waals surface area (Å²) in [4.78, 5) is 0. The van der Waals surface area contributed by atoms with E-state index in [2.05, 4.69) is 128 Å². The van der Waals surface area contributed by atoms with E-state index in [1.807, 2.05) is 0 Å². The molecule has 2 unspecified atom stereocenters. The van der Waals surface area contributed by atoms with Gasteiger partial charge in [-0.15, -0.1) is 22.2 Å². The van der Waals surface area contributed by atoms with Crippen molar-refractivity contribution in [1.82, 2.24) is 0 Å². The van der Waals surface area contributed by atoms with Gasteiger partial charge in [-0.1, -0.05) is 112 Å². The van der Waals surface area contributed by atoms with Crippen molar-refractivity contribution >= 4 is 55.2 Å². The summed E-state index contributed by atoms with van der Waals surface area (Å²) < 4.78 is 0. The molecular formula is C41H52Cl2Si2. The average Bonchev–Trinajstić information content (AvgIpc) is 3.84. The fraction of sp³-hybridized carbons (Fsp3) is 0.415. The van der Waals surface area contributed by atoms with E-state index in [1.54, 1.807) is 11.1 Å². The molecule has 3 aromatic rings. The summed E-state index contributed by atoms with van der Waals surface area (Å²) in [5.41, 5.74) is 19.1. The van der Waals surface area contributed by atoms with Gasteiger partial charge in [-0.05, 0) is 138 Å². The van der Waals surface area contributed by atoms with Crippen LogP contribution in [0.25, 0.3) is 18.2 Å². The third kappa shape index (κ3) is 6.68. The molecular weight excluding hydrogens is 620 g/mol. The molecule has 3 aliphatic carbocycles. The highest BCUT2D eigenvalue weighted by Crippen LogP contribution is 2.52. The summed E-state index contributed by atoms with van der Waals surface area (Å²) in [6.45, 7) is 16.9. The van der Waals surface area contributed by atoms with Gasteiger partial charge in [0.15, 0.2) is 0 Å². The maximum absolute atomic E-state index is 5.87. The highest BCUT2D eigenvalue weighted by molar-refractivity contribution is 7.45. The first-order chi connectivity index (χ1) is 21.4. The zero-order valence-corrected chi connectivity index (χ0v) is 32.3. The van der Waals surface area contributed by atoms with Crippen molar-refractivity contribution in [2.75, 3.05) is 0 Å². The Balaban J connectivity index is 0.000000180. The fourth-order valence-electron chi connectivity index (χ4n) is 8.42. The number of benzene rings is 3. The van der Waals surface area contributed by atoms with Gasteiger partial charge in [0.2, 0.25) is 0 Å². The summed E-state index contributed by atoms with van der Waals surface area (Å²) in [6, 6.07) is 18.6. The van der Waals surface area contributed by atoms with E-state index in [4.69, 9.17) is 22.2 Å². The van der Waals surface area contributed by atoms with Gasteiger partial charge in [0.25, 0.3) is 6.69 Å². The van der Waals surface area contributed by atoms with Gasteiger partial charge in [0, 0.05) is 0 Å². The molecule has 0 bridgehead atoms. The second kappa shape index (κ2) is 13.9. The van der Waals surface area contributed by atoms with Crippen molar-refractivity contribution in [3.05, 3.63) is 121 Å². The van der Waals surface area contributed by atoms with Gasteiger partial charge in [-0.3, -0.25) is 0 Å². The van der Waals surface area contributed by atoms with Crippen molar-refractivity contribution in [2.45, 2.75) is 110 Å². The molecule has 238 valence electrons. The zero-order chi connectivity index (χ0) is 32.5. The van der Waals surface area contributed by atoms with Crippen LogP contribution < -0.4 is 0 Å². The lowest BCUT2D eigenvalue weighted by Gasteiger charge is -2.42. The maximum atomic E-state index is 5.87. The Kier molecular flexibility index (Phi) is 10.6. The van der Waals surface area contributed by atoms with Gasteiger partial charge in [-0.2, -0.15) is 0 Å². The molecule has 2 atom stereocenters. The topological polar surface area (TPSA) is 0 Å². The van der Waals surface area contributed by atoms with Crippen LogP contribution >= 0.6 is 22.2 Å². The van der Waals surface area contributed by atoms with E-state index in [-0.39, 0.29) is 0 Å². The zero-order valence-electron chi connectivity index (χ0n) is 28.8. The third-order valence-electron chi connectivity index (χ3n) is 11.3. The minimum Gasteiger partial charge on any atom is -0.146 e.